The van der Waals surface area contributed by atoms with Crippen LogP contribution >= 0.6 is 0 Å². The van der Waals surface area contributed by atoms with Crippen LogP contribution in [-0.4, -0.2) is 23.1 Å². The van der Waals surface area contributed by atoms with Gasteiger partial charge in [-0.3, -0.25) is 4.79 Å². The van der Waals surface area contributed by atoms with Crippen molar-refractivity contribution in [2.24, 2.45) is 0 Å². The van der Waals surface area contributed by atoms with Crippen LogP contribution in [0.15, 0.2) is 12.2 Å². The van der Waals surface area contributed by atoms with Crippen molar-refractivity contribution in [1.82, 2.24) is 0 Å². The molecule has 0 aliphatic rings. The van der Waals surface area contributed by atoms with Gasteiger partial charge in [0.2, 0.25) is 0 Å². The van der Waals surface area contributed by atoms with Crippen LogP contribution in [0.3, 0.4) is 0 Å². The van der Waals surface area contributed by atoms with E-state index in [1.165, 1.54) is 70.6 Å². The minimum Gasteiger partial charge on any atom is -0.460 e. The Balaban J connectivity index is 3.29. The number of allylic oxidation sites excluding steroid dienone is 1. The largest absolute Gasteiger partial charge is 0.460 e. The zero-order valence-corrected chi connectivity index (χ0v) is 22.1. The van der Waals surface area contributed by atoms with Crippen molar-refractivity contribution in [1.29, 1.82) is 0 Å². The van der Waals surface area contributed by atoms with Gasteiger partial charge in [-0.2, -0.15) is 0 Å². The van der Waals surface area contributed by atoms with Gasteiger partial charge in [-0.25, -0.2) is 4.79 Å². The molecule has 0 rings (SSSR count). The lowest BCUT2D eigenvalue weighted by Crippen LogP contribution is -2.23. The molecule has 0 aliphatic heterocycles. The lowest BCUT2D eigenvalue weighted by atomic mass is 10.0. The number of carbonyl (C=O) groups is 2. The van der Waals surface area contributed by atoms with E-state index in [2.05, 4.69) is 0 Å². The first-order chi connectivity index (χ1) is 15.0. The van der Waals surface area contributed by atoms with E-state index in [1.54, 1.807) is 6.08 Å². The van der Waals surface area contributed by atoms with E-state index in [0.29, 0.717) is 6.42 Å². The van der Waals surface area contributed by atoms with Crippen molar-refractivity contribution in [2.75, 3.05) is 0 Å². The first-order valence-electron chi connectivity index (χ1n) is 13.1. The maximum atomic E-state index is 11.6. The highest BCUT2D eigenvalue weighted by Crippen LogP contribution is 2.15. The lowest BCUT2D eigenvalue weighted by Gasteiger charge is -2.19. The molecule has 0 saturated carbocycles. The highest BCUT2D eigenvalue weighted by molar-refractivity contribution is 5.82. The molecule has 0 unspecified atom stereocenters. The molecule has 0 radical (unpaired) electrons. The summed E-state index contributed by atoms with van der Waals surface area (Å²) < 4.78 is 10.6. The van der Waals surface area contributed by atoms with Gasteiger partial charge in [-0.05, 0) is 60.8 Å². The second-order valence-corrected chi connectivity index (χ2v) is 11.0. The highest BCUT2D eigenvalue weighted by atomic mass is 16.6. The van der Waals surface area contributed by atoms with Gasteiger partial charge in [0.05, 0.1) is 0 Å². The second kappa shape index (κ2) is 18.1. The number of unbranched alkanes of at least 4 members (excludes halogenated alkanes) is 14. The molecule has 4 nitrogen and oxygen atoms in total. The van der Waals surface area contributed by atoms with E-state index in [1.807, 2.05) is 47.6 Å². The number of carbonyl (C=O) groups excluding carboxylic acids is 2. The van der Waals surface area contributed by atoms with Crippen LogP contribution in [0.4, 0.5) is 0 Å². The van der Waals surface area contributed by atoms with Crippen molar-refractivity contribution >= 4 is 11.9 Å². The fourth-order valence-electron chi connectivity index (χ4n) is 3.56. The summed E-state index contributed by atoms with van der Waals surface area (Å²) in [4.78, 5) is 23.2. The third kappa shape index (κ3) is 24.9. The van der Waals surface area contributed by atoms with Crippen molar-refractivity contribution in [3.05, 3.63) is 12.2 Å². The van der Waals surface area contributed by atoms with Crippen LogP contribution in [0.5, 0.6) is 0 Å². The van der Waals surface area contributed by atoms with Crippen LogP contribution in [0.2, 0.25) is 0 Å². The van der Waals surface area contributed by atoms with E-state index in [9.17, 15) is 9.59 Å². The van der Waals surface area contributed by atoms with Crippen LogP contribution in [-0.2, 0) is 19.1 Å². The molecule has 0 aromatic carbocycles. The van der Waals surface area contributed by atoms with Crippen LogP contribution in [0.1, 0.15) is 144 Å². The Morgan fingerprint density at radius 2 is 0.938 bits per heavy atom. The van der Waals surface area contributed by atoms with E-state index in [4.69, 9.17) is 9.47 Å². The summed E-state index contributed by atoms with van der Waals surface area (Å²) >= 11 is 0. The molecule has 0 N–H and O–H groups in total. The third-order valence-electron chi connectivity index (χ3n) is 5.08. The van der Waals surface area contributed by atoms with Gasteiger partial charge in [0.25, 0.3) is 0 Å². The molecule has 4 heteroatoms. The van der Waals surface area contributed by atoms with Crippen LogP contribution < -0.4 is 0 Å². The molecule has 0 spiro atoms. The van der Waals surface area contributed by atoms with Gasteiger partial charge in [0.15, 0.2) is 0 Å². The van der Waals surface area contributed by atoms with E-state index < -0.39 is 5.60 Å². The smallest absolute Gasteiger partial charge is 0.330 e. The van der Waals surface area contributed by atoms with Crippen molar-refractivity contribution < 1.29 is 19.1 Å². The molecule has 0 aromatic heterocycles. The predicted molar refractivity (Wildman–Crippen MR) is 135 cm³/mol. The normalized spacial score (nSPS) is 12.3. The molecule has 0 bridgehead atoms. The quantitative estimate of drug-likeness (QED) is 0.119. The minimum absolute atomic E-state index is 0.0625. The first kappa shape index (κ1) is 30.7. The summed E-state index contributed by atoms with van der Waals surface area (Å²) in [6.07, 6.45) is 22.7. The molecule has 0 heterocycles. The van der Waals surface area contributed by atoms with Crippen molar-refractivity contribution in [3.8, 4) is 0 Å². The molecular formula is C28H52O4. The van der Waals surface area contributed by atoms with Gasteiger partial charge in [0.1, 0.15) is 11.2 Å². The Morgan fingerprint density at radius 1 is 0.562 bits per heavy atom. The Labute approximate surface area is 198 Å². The van der Waals surface area contributed by atoms with Crippen molar-refractivity contribution in [2.45, 2.75) is 155 Å². The van der Waals surface area contributed by atoms with Gasteiger partial charge in [-0.1, -0.05) is 83.1 Å². The molecule has 188 valence electrons. The lowest BCUT2D eigenvalue weighted by molar-refractivity contribution is -0.155. The van der Waals surface area contributed by atoms with Gasteiger partial charge < -0.3 is 9.47 Å². The number of rotatable bonds is 18. The average Bonchev–Trinajstić information content (AvgIpc) is 2.64. The third-order valence-corrected chi connectivity index (χ3v) is 5.08. The zero-order valence-electron chi connectivity index (χ0n) is 22.1. The summed E-state index contributed by atoms with van der Waals surface area (Å²) in [5.41, 5.74) is -0.773. The maximum absolute atomic E-state index is 11.6. The van der Waals surface area contributed by atoms with Crippen molar-refractivity contribution in [3.63, 3.8) is 0 Å². The standard InChI is InChI=1S/C28H52O4/c1-27(2,3)31-25(29)23-21-19-17-15-13-11-9-7-8-10-12-14-16-18-20-22-24-26(30)32-28(4,5)6/h21,23H,7-20,22,24H2,1-6H3/b23-21+. The summed E-state index contributed by atoms with van der Waals surface area (Å²) in [6.45, 7) is 11.4. The summed E-state index contributed by atoms with van der Waals surface area (Å²) in [6, 6.07) is 0. The molecule has 0 fully saturated rings. The number of hydrogen-bond donors (Lipinski definition) is 0. The van der Waals surface area contributed by atoms with Gasteiger partial charge in [0, 0.05) is 12.5 Å². The number of ether oxygens (including phenoxy) is 2. The molecule has 0 atom stereocenters. The van der Waals surface area contributed by atoms with E-state index >= 15 is 0 Å². The Hall–Kier alpha value is -1.32. The zero-order chi connectivity index (χ0) is 24.3. The van der Waals surface area contributed by atoms with Gasteiger partial charge in [-0.15, -0.1) is 0 Å². The predicted octanol–water partition coefficient (Wildman–Crippen LogP) is 8.47. The maximum Gasteiger partial charge on any atom is 0.330 e. The minimum atomic E-state index is -0.411. The Kier molecular flexibility index (Phi) is 17.4. The van der Waals surface area contributed by atoms with Crippen LogP contribution in [0.25, 0.3) is 0 Å². The number of esters is 2. The molecular weight excluding hydrogens is 400 g/mol. The van der Waals surface area contributed by atoms with E-state index in [0.717, 1.165) is 25.7 Å². The molecule has 0 saturated heterocycles. The van der Waals surface area contributed by atoms with Crippen LogP contribution in [0, 0.1) is 0 Å². The summed E-state index contributed by atoms with van der Waals surface area (Å²) in [5.74, 6) is -0.303. The van der Waals surface area contributed by atoms with E-state index in [-0.39, 0.29) is 17.5 Å². The highest BCUT2D eigenvalue weighted by Gasteiger charge is 2.15. The topological polar surface area (TPSA) is 52.6 Å². The monoisotopic (exact) mass is 452 g/mol. The average molecular weight is 453 g/mol. The molecule has 32 heavy (non-hydrogen) atoms. The molecule has 0 amide bonds. The summed E-state index contributed by atoms with van der Waals surface area (Å²) in [7, 11) is 0. The Bertz CT molecular complexity index is 509. The summed E-state index contributed by atoms with van der Waals surface area (Å²) in [5, 5.41) is 0. The second-order valence-electron chi connectivity index (χ2n) is 11.0. The SMILES string of the molecule is CC(C)(C)OC(=O)/C=C/CCCCCCCCCCCCCCCCC(=O)OC(C)(C)C. The molecule has 0 aliphatic carbocycles. The molecule has 0 aromatic rings. The fourth-order valence-corrected chi connectivity index (χ4v) is 3.56. The number of hydrogen-bond acceptors (Lipinski definition) is 4. The van der Waals surface area contributed by atoms with Gasteiger partial charge >= 0.3 is 11.9 Å². The first-order valence-corrected chi connectivity index (χ1v) is 13.1. The fraction of sp³-hybridized carbons (Fsp3) is 0.857. The Morgan fingerprint density at radius 3 is 1.34 bits per heavy atom.